The molecule has 0 radical (unpaired) electrons. The Balaban J connectivity index is 1.29. The molecule has 0 fully saturated rings. The van der Waals surface area contributed by atoms with E-state index in [9.17, 15) is 23.3 Å². The van der Waals surface area contributed by atoms with E-state index >= 15 is 0 Å². The number of aromatic nitrogens is 2. The van der Waals surface area contributed by atoms with Crippen molar-refractivity contribution in [2.24, 2.45) is 0 Å². The Hall–Kier alpha value is -7.62. The molecule has 0 unspecified atom stereocenters. The predicted molar refractivity (Wildman–Crippen MR) is 239 cm³/mol. The molecule has 0 aliphatic heterocycles. The number of nitrogens with zero attached hydrogens (tertiary/aromatic N) is 2. The molecule has 3 aromatic heterocycles. The van der Waals surface area contributed by atoms with Gasteiger partial charge in [-0.25, -0.2) is 0 Å². The number of hydrogen-bond acceptors (Lipinski definition) is 1. The Morgan fingerprint density at radius 1 is 0.333 bits per heavy atom. The number of hydrogen-bond donors (Lipinski definition) is 0. The lowest BCUT2D eigenvalue weighted by Gasteiger charge is -2.16. The summed E-state index contributed by atoms with van der Waals surface area (Å²) in [6, 6.07) is -33.9. The van der Waals surface area contributed by atoms with E-state index in [2.05, 4.69) is 0 Å². The van der Waals surface area contributed by atoms with Gasteiger partial charge in [-0.1, -0.05) is 139 Å². The van der Waals surface area contributed by atoms with E-state index in [4.69, 9.17) is 27.7 Å². The first-order valence-corrected chi connectivity index (χ1v) is 16.7. The van der Waals surface area contributed by atoms with Gasteiger partial charge in [-0.3, -0.25) is 0 Å². The van der Waals surface area contributed by atoms with Crippen molar-refractivity contribution >= 4 is 65.6 Å². The van der Waals surface area contributed by atoms with Gasteiger partial charge >= 0.3 is 0 Å². The van der Waals surface area contributed by atoms with Gasteiger partial charge in [0.2, 0.25) is 0 Å². The molecule has 9 aromatic carbocycles. The number of para-hydroxylation sites is 3. The van der Waals surface area contributed by atoms with E-state index in [0.29, 0.717) is 4.57 Å². The first kappa shape index (κ1) is 13.0. The quantitative estimate of drug-likeness (QED) is 0.171. The van der Waals surface area contributed by atoms with E-state index in [0.717, 1.165) is 4.57 Å². The van der Waals surface area contributed by atoms with Crippen LogP contribution in [0.3, 0.4) is 0 Å². The fourth-order valence-corrected chi connectivity index (χ4v) is 6.86. The summed E-state index contributed by atoms with van der Waals surface area (Å²) in [7, 11) is 0. The van der Waals surface area contributed by atoms with E-state index < -0.39 is 316 Å². The van der Waals surface area contributed by atoms with Gasteiger partial charge in [0.15, 0.2) is 0 Å². The van der Waals surface area contributed by atoms with Crippen molar-refractivity contribution in [2.45, 2.75) is 0 Å². The third-order valence-electron chi connectivity index (χ3n) is 9.23. The number of fused-ring (bicyclic) bond motifs is 9. The molecule has 0 bridgehead atoms. The van der Waals surface area contributed by atoms with Gasteiger partial charge in [-0.2, -0.15) is 0 Å². The van der Waals surface area contributed by atoms with Crippen LogP contribution >= 0.6 is 0 Å². The van der Waals surface area contributed by atoms with Crippen molar-refractivity contribution < 1.29 is 51.0 Å². The van der Waals surface area contributed by atoms with Gasteiger partial charge in [0, 0.05) is 38.2 Å². The zero-order valence-electron chi connectivity index (χ0n) is 62.3. The molecule has 0 aliphatic rings. The highest BCUT2D eigenvalue weighted by molar-refractivity contribution is 6.17. The fraction of sp³-hybridized carbons (Fsp3) is 0. The number of furan rings is 1. The zero-order chi connectivity index (χ0) is 67.0. The molecule has 266 valence electrons. The van der Waals surface area contributed by atoms with Crippen molar-refractivity contribution in [2.75, 3.05) is 0 Å². The van der Waals surface area contributed by atoms with Crippen LogP contribution in [-0.2, 0) is 0 Å². The third-order valence-corrected chi connectivity index (χ3v) is 9.23. The normalized spacial score (nSPS) is 20.2. The van der Waals surface area contributed by atoms with Crippen LogP contribution in [0.1, 0.15) is 46.6 Å². The Morgan fingerprint density at radius 3 is 1.49 bits per heavy atom. The molecule has 0 spiro atoms. The Morgan fingerprint density at radius 2 is 0.825 bits per heavy atom. The van der Waals surface area contributed by atoms with Crippen molar-refractivity contribution in [1.29, 1.82) is 0 Å². The molecule has 0 aliphatic carbocycles. The van der Waals surface area contributed by atoms with Crippen molar-refractivity contribution in [3.8, 4) is 44.8 Å². The third kappa shape index (κ3) is 4.86. The average Bonchev–Trinajstić information content (AvgIpc) is 1.53. The minimum atomic E-state index is -1.17. The first-order chi connectivity index (χ1) is 42.4. The van der Waals surface area contributed by atoms with Gasteiger partial charge in [0.1, 0.15) is 11.2 Å². The summed E-state index contributed by atoms with van der Waals surface area (Å²) in [5, 5.41) is -4.11. The second-order valence-electron chi connectivity index (χ2n) is 12.3. The van der Waals surface area contributed by atoms with E-state index in [1.807, 2.05) is 0 Å². The molecule has 0 amide bonds. The smallest absolute Gasteiger partial charge is 0.137 e. The van der Waals surface area contributed by atoms with Crippen LogP contribution in [0.15, 0.2) is 210 Å². The van der Waals surface area contributed by atoms with Crippen LogP contribution in [-0.4, -0.2) is 9.13 Å². The summed E-state index contributed by atoms with van der Waals surface area (Å²) in [5.74, 6) is 0. The molecule has 3 heterocycles. The highest BCUT2D eigenvalue weighted by atomic mass is 16.3. The first-order valence-electron chi connectivity index (χ1n) is 33.7. The highest BCUT2D eigenvalue weighted by Crippen LogP contribution is 2.44. The van der Waals surface area contributed by atoms with Crippen LogP contribution in [0.2, 0.25) is 0 Å². The van der Waals surface area contributed by atoms with Gasteiger partial charge < -0.3 is 13.6 Å². The second kappa shape index (κ2) is 12.5. The minimum Gasteiger partial charge on any atom is -0.456 e. The highest BCUT2D eigenvalue weighted by Gasteiger charge is 2.22. The zero-order valence-corrected chi connectivity index (χ0v) is 28.3. The van der Waals surface area contributed by atoms with Crippen molar-refractivity contribution in [3.63, 3.8) is 0 Å². The maximum absolute atomic E-state index is 10.2. The summed E-state index contributed by atoms with van der Waals surface area (Å²) in [5.41, 5.74) is -11.3. The van der Waals surface area contributed by atoms with Gasteiger partial charge in [0.25, 0.3) is 0 Å². The molecular weight excluding hydrogens is 693 g/mol. The lowest BCUT2D eigenvalue weighted by molar-refractivity contribution is 0.669. The number of rotatable bonds is 5. The Labute approximate surface area is 376 Å². The summed E-state index contributed by atoms with van der Waals surface area (Å²) in [4.78, 5) is 0. The van der Waals surface area contributed by atoms with Crippen molar-refractivity contribution in [1.82, 2.24) is 9.13 Å². The molecule has 0 saturated heterocycles. The fourth-order valence-electron chi connectivity index (χ4n) is 6.86. The molecule has 0 atom stereocenters. The Kier molecular flexibility index (Phi) is 2.84. The molecule has 0 N–H and O–H groups in total. The van der Waals surface area contributed by atoms with Crippen LogP contribution in [0.25, 0.3) is 110 Å². The van der Waals surface area contributed by atoms with Gasteiger partial charge in [-0.05, 0) is 94.3 Å². The molecule has 0 saturated carbocycles. The molecule has 57 heavy (non-hydrogen) atoms. The minimum absolute atomic E-state index is 0.599. The van der Waals surface area contributed by atoms with Crippen LogP contribution in [0.5, 0.6) is 0 Å². The van der Waals surface area contributed by atoms with E-state index in [1.165, 1.54) is 0 Å². The predicted octanol–water partition coefficient (Wildman–Crippen LogP) is 14.8. The molecule has 3 nitrogen and oxygen atoms in total. The van der Waals surface area contributed by atoms with Crippen LogP contribution < -0.4 is 0 Å². The molecule has 12 aromatic rings. The van der Waals surface area contributed by atoms with E-state index in [1.54, 1.807) is 0 Å². The lowest BCUT2D eigenvalue weighted by atomic mass is 9.99. The number of benzene rings is 9. The Bertz CT molecular complexity index is 5440. The van der Waals surface area contributed by atoms with Gasteiger partial charge in [0.05, 0.1) is 79.7 Å². The molecule has 12 rings (SSSR count). The molecular formula is C54H34N2O. The average molecular weight is 761 g/mol. The monoisotopic (exact) mass is 760 g/mol. The topological polar surface area (TPSA) is 23.0 Å². The maximum Gasteiger partial charge on any atom is 0.137 e. The van der Waals surface area contributed by atoms with Crippen molar-refractivity contribution in [3.05, 3.63) is 205 Å². The van der Waals surface area contributed by atoms with Crippen LogP contribution in [0.4, 0.5) is 0 Å². The summed E-state index contributed by atoms with van der Waals surface area (Å²) < 4.78 is 317. The standard InChI is InChI=1S/C54H34N2O/c1-3-13-35(14-4-1)36-23-27-40(28-24-36)55-47-20-10-7-17-42(47)45-33-38(25-30-49(45)55)39-26-31-50-46(34-39)43-18-8-11-21-48(43)56(50)54-41(37-15-5-2-6-16-37)29-32-52-53(54)44-19-9-12-22-51(44)57-52/h1-34H/i1D,2D,3D,4D,5D,6D,7D,8D,9D,10D,11D,12D,13D,14D,15D,16D,17D,18D,19D,20D,21D,22D,23D,24D,25D,26D,27D,28D,29D,30D,31D,32D,33D,34D. The summed E-state index contributed by atoms with van der Waals surface area (Å²) in [6.07, 6.45) is 0. The van der Waals surface area contributed by atoms with Crippen LogP contribution in [0, 0.1) is 0 Å². The van der Waals surface area contributed by atoms with Gasteiger partial charge in [-0.15, -0.1) is 0 Å². The largest absolute Gasteiger partial charge is 0.456 e. The molecule has 3 heteroatoms. The SMILES string of the molecule is [2H]c1c([2H])c([2H])c(-c2c([2H])c([2H])c(-n3c4c([2H])c([2H])c([2H])c([2H])c4c4c([2H])c(-c5c([2H])c([2H])c6c(c5[2H])c5c([2H])c([2H])c([2H])c([2H])c5n6-c5c(-c6c([2H])c([2H])c([2H])c([2H])c6[2H])c([2H])c([2H])c6oc7c([2H])c([2H])c([2H])c([2H])c7c56)c([2H])c([2H])c43)c([2H])c2[2H])c([2H])c1[2H]. The summed E-state index contributed by atoms with van der Waals surface area (Å²) >= 11 is 0. The lowest BCUT2D eigenvalue weighted by Crippen LogP contribution is -1.98. The maximum atomic E-state index is 10.2. The summed E-state index contributed by atoms with van der Waals surface area (Å²) in [6.45, 7) is 0. The van der Waals surface area contributed by atoms with E-state index in [-0.39, 0.29) is 0 Å². The second-order valence-corrected chi connectivity index (χ2v) is 12.3.